The molecule has 0 amide bonds. The number of hydrogen-bond donors (Lipinski definition) is 3. The van der Waals surface area contributed by atoms with Crippen molar-refractivity contribution in [3.05, 3.63) is 18.0 Å². The fraction of sp³-hybridized carbons (Fsp3) is 0.444. The normalized spacial score (nSPS) is 13.9. The molecule has 1 unspecified atom stereocenters. The Bertz CT molecular complexity index is 507. The van der Waals surface area contributed by atoms with Crippen LogP contribution in [0.3, 0.4) is 0 Å². The van der Waals surface area contributed by atoms with E-state index in [0.717, 1.165) is 16.6 Å². The number of aromatic carboxylic acids is 1. The van der Waals surface area contributed by atoms with Crippen LogP contribution in [0.4, 0.5) is 0 Å². The third kappa shape index (κ3) is 2.65. The van der Waals surface area contributed by atoms with Crippen LogP contribution in [0.25, 0.3) is 0 Å². The number of hydrogen-bond acceptors (Lipinski definition) is 4. The first-order valence-corrected chi connectivity index (χ1v) is 6.25. The maximum absolute atomic E-state index is 12.0. The zero-order valence-electron chi connectivity index (χ0n) is 9.41. The molecule has 0 spiro atoms. The predicted molar refractivity (Wildman–Crippen MR) is 59.2 cm³/mol. The highest BCUT2D eigenvalue weighted by Crippen LogP contribution is 2.17. The molecule has 1 atom stereocenters. The number of aliphatic hydroxyl groups excluding tert-OH is 1. The van der Waals surface area contributed by atoms with Crippen LogP contribution in [0.2, 0.25) is 0 Å². The number of aromatic amines is 1. The number of nitrogens with zero attached hydrogens (tertiary/aromatic N) is 1. The number of sulfonamides is 1. The molecule has 0 radical (unpaired) electrons. The molecule has 3 N–H and O–H groups in total. The van der Waals surface area contributed by atoms with Crippen molar-refractivity contribution >= 4 is 16.0 Å². The Hall–Kier alpha value is -1.38. The average molecular weight is 262 g/mol. The Kier molecular flexibility index (Phi) is 3.91. The smallest absolute Gasteiger partial charge is 0.352 e. The fourth-order valence-corrected chi connectivity index (χ4v) is 2.51. The molecule has 1 heterocycles. The van der Waals surface area contributed by atoms with Crippen molar-refractivity contribution in [2.75, 3.05) is 13.7 Å². The Labute approximate surface area is 98.7 Å². The molecule has 0 fully saturated rings. The quantitative estimate of drug-likeness (QED) is 0.675. The van der Waals surface area contributed by atoms with Crippen molar-refractivity contribution in [1.29, 1.82) is 0 Å². The lowest BCUT2D eigenvalue weighted by Gasteiger charge is -2.21. The van der Waals surface area contributed by atoms with E-state index >= 15 is 0 Å². The van der Waals surface area contributed by atoms with Gasteiger partial charge in [0.25, 0.3) is 0 Å². The Morgan fingerprint density at radius 1 is 1.59 bits per heavy atom. The summed E-state index contributed by atoms with van der Waals surface area (Å²) >= 11 is 0. The minimum absolute atomic E-state index is 0.141. The molecule has 0 aliphatic rings. The third-order valence-electron chi connectivity index (χ3n) is 2.45. The molecule has 0 bridgehead atoms. The number of carboxylic acids is 1. The zero-order chi connectivity index (χ0) is 13.2. The average Bonchev–Trinajstić information content (AvgIpc) is 2.76. The second kappa shape index (κ2) is 4.86. The largest absolute Gasteiger partial charge is 0.477 e. The van der Waals surface area contributed by atoms with E-state index in [9.17, 15) is 13.2 Å². The van der Waals surface area contributed by atoms with Gasteiger partial charge in [-0.05, 0) is 13.0 Å². The lowest BCUT2D eigenvalue weighted by molar-refractivity contribution is 0.0691. The van der Waals surface area contributed by atoms with Gasteiger partial charge < -0.3 is 15.2 Å². The van der Waals surface area contributed by atoms with Crippen LogP contribution in [-0.2, 0) is 10.0 Å². The summed E-state index contributed by atoms with van der Waals surface area (Å²) in [6.45, 7) is 1.23. The Morgan fingerprint density at radius 2 is 2.18 bits per heavy atom. The van der Waals surface area contributed by atoms with Gasteiger partial charge in [0.05, 0.1) is 6.61 Å². The van der Waals surface area contributed by atoms with Crippen molar-refractivity contribution in [2.24, 2.45) is 0 Å². The van der Waals surface area contributed by atoms with Gasteiger partial charge in [-0.1, -0.05) is 0 Å². The fourth-order valence-electron chi connectivity index (χ4n) is 1.17. The molecule has 96 valence electrons. The number of H-pyrrole nitrogens is 1. The van der Waals surface area contributed by atoms with Crippen molar-refractivity contribution in [3.8, 4) is 0 Å². The second-order valence-corrected chi connectivity index (χ2v) is 5.60. The van der Waals surface area contributed by atoms with Crippen molar-refractivity contribution in [2.45, 2.75) is 17.9 Å². The number of carbonyl (C=O) groups is 1. The first kappa shape index (κ1) is 13.7. The molecule has 8 heteroatoms. The van der Waals surface area contributed by atoms with Gasteiger partial charge >= 0.3 is 5.97 Å². The van der Waals surface area contributed by atoms with Crippen LogP contribution < -0.4 is 0 Å². The van der Waals surface area contributed by atoms with Gasteiger partial charge in [0.1, 0.15) is 10.6 Å². The minimum atomic E-state index is -3.78. The summed E-state index contributed by atoms with van der Waals surface area (Å²) in [6.07, 6.45) is 1.11. The van der Waals surface area contributed by atoms with Gasteiger partial charge in [-0.2, -0.15) is 4.31 Å². The second-order valence-electron chi connectivity index (χ2n) is 3.61. The SMILES string of the molecule is CC(CO)N(C)S(=O)(=O)c1c[nH]c(C(=O)O)c1. The van der Waals surface area contributed by atoms with Crippen LogP contribution in [0.5, 0.6) is 0 Å². The third-order valence-corrected chi connectivity index (χ3v) is 4.40. The molecule has 0 aliphatic carbocycles. The van der Waals surface area contributed by atoms with Crippen LogP contribution in [0, 0.1) is 0 Å². The number of carboxylic acid groups (broad SMARTS) is 1. The van der Waals surface area contributed by atoms with Crippen LogP contribution in [0.15, 0.2) is 17.2 Å². The number of rotatable bonds is 5. The molecule has 0 aromatic carbocycles. The van der Waals surface area contributed by atoms with Gasteiger partial charge in [0.2, 0.25) is 10.0 Å². The van der Waals surface area contributed by atoms with Gasteiger partial charge in [0, 0.05) is 19.3 Å². The monoisotopic (exact) mass is 262 g/mol. The van der Waals surface area contributed by atoms with Crippen LogP contribution in [0.1, 0.15) is 17.4 Å². The standard InChI is InChI=1S/C9H14N2O5S/c1-6(5-12)11(2)17(15,16)7-3-8(9(13)14)10-4-7/h3-4,6,10,12H,5H2,1-2H3,(H,13,14). The molecule has 0 saturated carbocycles. The van der Waals surface area contributed by atoms with Gasteiger partial charge in [-0.25, -0.2) is 13.2 Å². The summed E-state index contributed by atoms with van der Waals surface area (Å²) in [5.41, 5.74) is -0.200. The lowest BCUT2D eigenvalue weighted by Crippen LogP contribution is -2.37. The summed E-state index contributed by atoms with van der Waals surface area (Å²) in [6, 6.07) is 0.460. The van der Waals surface area contributed by atoms with E-state index < -0.39 is 22.0 Å². The van der Waals surface area contributed by atoms with Gasteiger partial charge in [-0.15, -0.1) is 0 Å². The molecular weight excluding hydrogens is 248 g/mol. The maximum Gasteiger partial charge on any atom is 0.352 e. The van der Waals surface area contributed by atoms with Gasteiger partial charge in [-0.3, -0.25) is 0 Å². The summed E-state index contributed by atoms with van der Waals surface area (Å²) < 4.78 is 24.9. The van der Waals surface area contributed by atoms with E-state index in [1.165, 1.54) is 7.05 Å². The Morgan fingerprint density at radius 3 is 2.59 bits per heavy atom. The summed E-state index contributed by atoms with van der Waals surface area (Å²) in [4.78, 5) is 12.8. The maximum atomic E-state index is 12.0. The molecule has 0 aliphatic heterocycles. The van der Waals surface area contributed by atoms with Crippen molar-refractivity contribution in [3.63, 3.8) is 0 Å². The summed E-state index contributed by atoms with van der Waals surface area (Å²) in [5.74, 6) is -1.23. The van der Waals surface area contributed by atoms with Crippen LogP contribution >= 0.6 is 0 Å². The number of likely N-dealkylation sites (N-methyl/N-ethyl adjacent to an activating group) is 1. The van der Waals surface area contributed by atoms with E-state index in [4.69, 9.17) is 10.2 Å². The molecule has 7 nitrogen and oxygen atoms in total. The summed E-state index contributed by atoms with van der Waals surface area (Å²) in [5, 5.41) is 17.6. The van der Waals surface area contributed by atoms with E-state index in [1.54, 1.807) is 6.92 Å². The molecule has 1 aromatic rings. The molecule has 0 saturated heterocycles. The summed E-state index contributed by atoms with van der Waals surface area (Å²) in [7, 11) is -2.46. The first-order valence-electron chi connectivity index (χ1n) is 4.81. The van der Waals surface area contributed by atoms with E-state index in [1.807, 2.05) is 0 Å². The van der Waals surface area contributed by atoms with E-state index in [0.29, 0.717) is 0 Å². The minimum Gasteiger partial charge on any atom is -0.477 e. The highest BCUT2D eigenvalue weighted by Gasteiger charge is 2.26. The van der Waals surface area contributed by atoms with Gasteiger partial charge in [0.15, 0.2) is 0 Å². The van der Waals surface area contributed by atoms with Crippen LogP contribution in [-0.4, -0.2) is 53.6 Å². The lowest BCUT2D eigenvalue weighted by atomic mass is 10.4. The highest BCUT2D eigenvalue weighted by atomic mass is 32.2. The Balaban J connectivity index is 3.09. The highest BCUT2D eigenvalue weighted by molar-refractivity contribution is 7.89. The van der Waals surface area contributed by atoms with E-state index in [2.05, 4.69) is 4.98 Å². The topological polar surface area (TPSA) is 111 Å². The molecule has 1 rings (SSSR count). The molecule has 17 heavy (non-hydrogen) atoms. The molecule has 1 aromatic heterocycles. The van der Waals surface area contributed by atoms with Crippen molar-refractivity contribution < 1.29 is 23.4 Å². The first-order chi connectivity index (χ1) is 7.80. The molecular formula is C9H14N2O5S. The zero-order valence-corrected chi connectivity index (χ0v) is 10.2. The van der Waals surface area contributed by atoms with E-state index in [-0.39, 0.29) is 17.2 Å². The predicted octanol–water partition coefficient (Wildman–Crippen LogP) is -0.286. The number of nitrogens with one attached hydrogen (secondary N) is 1. The van der Waals surface area contributed by atoms with Crippen molar-refractivity contribution in [1.82, 2.24) is 9.29 Å². The number of aliphatic hydroxyl groups is 1. The number of aromatic nitrogens is 1.